The minimum Gasteiger partial charge on any atom is -0.494 e. The Kier molecular flexibility index (Phi) is 6.52. The van der Waals surface area contributed by atoms with Gasteiger partial charge in [-0.3, -0.25) is 4.79 Å². The van der Waals surface area contributed by atoms with Crippen LogP contribution in [0.25, 0.3) is 27.8 Å². The van der Waals surface area contributed by atoms with Crippen LogP contribution >= 0.6 is 11.8 Å². The number of benzene rings is 2. The summed E-state index contributed by atoms with van der Waals surface area (Å²) in [4.78, 5) is 21.0. The molecule has 0 aliphatic rings. The standard InChI is InChI=1S/C24H23N3O3S/c1-3-29-19-12-10-18(11-13-19)27-14-20(17-8-6-5-7-9-17)22-23(27)25-16-26-24(22)31-15-21(28)30-4-2/h5-14,16H,3-4,15H2,1-2H3. The number of hydrogen-bond acceptors (Lipinski definition) is 6. The van der Waals surface area contributed by atoms with E-state index in [9.17, 15) is 4.79 Å². The average Bonchev–Trinajstić information content (AvgIpc) is 3.20. The fourth-order valence-corrected chi connectivity index (χ4v) is 4.18. The molecular formula is C24H23N3O3S. The summed E-state index contributed by atoms with van der Waals surface area (Å²) in [6, 6.07) is 18.0. The zero-order valence-electron chi connectivity index (χ0n) is 17.4. The number of fused-ring (bicyclic) bond motifs is 1. The first-order chi connectivity index (χ1) is 15.2. The number of carbonyl (C=O) groups is 1. The van der Waals surface area contributed by atoms with Gasteiger partial charge in [0.05, 0.1) is 24.4 Å². The van der Waals surface area contributed by atoms with Crippen molar-refractivity contribution in [3.63, 3.8) is 0 Å². The molecule has 2 aromatic carbocycles. The molecule has 0 fully saturated rings. The predicted molar refractivity (Wildman–Crippen MR) is 123 cm³/mol. The molecule has 4 rings (SSSR count). The van der Waals surface area contributed by atoms with Crippen molar-refractivity contribution < 1.29 is 14.3 Å². The summed E-state index contributed by atoms with van der Waals surface area (Å²) in [7, 11) is 0. The highest BCUT2D eigenvalue weighted by Crippen LogP contribution is 2.36. The summed E-state index contributed by atoms with van der Waals surface area (Å²) in [6.07, 6.45) is 3.61. The van der Waals surface area contributed by atoms with Crippen LogP contribution < -0.4 is 4.74 Å². The third kappa shape index (κ3) is 4.56. The van der Waals surface area contributed by atoms with Crippen molar-refractivity contribution in [3.8, 4) is 22.6 Å². The Hall–Kier alpha value is -3.32. The molecule has 31 heavy (non-hydrogen) atoms. The van der Waals surface area contributed by atoms with Crippen LogP contribution in [-0.2, 0) is 9.53 Å². The average molecular weight is 434 g/mol. The SMILES string of the molecule is CCOC(=O)CSc1ncnc2c1c(-c1ccccc1)cn2-c1ccc(OCC)cc1. The van der Waals surface area contributed by atoms with E-state index in [4.69, 9.17) is 9.47 Å². The lowest BCUT2D eigenvalue weighted by atomic mass is 10.1. The monoisotopic (exact) mass is 433 g/mol. The van der Waals surface area contributed by atoms with Gasteiger partial charge in [-0.1, -0.05) is 42.1 Å². The maximum Gasteiger partial charge on any atom is 0.316 e. The van der Waals surface area contributed by atoms with E-state index in [1.165, 1.54) is 18.1 Å². The van der Waals surface area contributed by atoms with E-state index in [0.717, 1.165) is 38.6 Å². The van der Waals surface area contributed by atoms with E-state index < -0.39 is 0 Å². The molecule has 0 N–H and O–H groups in total. The highest BCUT2D eigenvalue weighted by Gasteiger charge is 2.18. The van der Waals surface area contributed by atoms with Crippen molar-refractivity contribution >= 4 is 28.8 Å². The van der Waals surface area contributed by atoms with E-state index >= 15 is 0 Å². The van der Waals surface area contributed by atoms with Gasteiger partial charge in [-0.2, -0.15) is 0 Å². The molecule has 0 aliphatic carbocycles. The van der Waals surface area contributed by atoms with Crippen LogP contribution in [0, 0.1) is 0 Å². The lowest BCUT2D eigenvalue weighted by Crippen LogP contribution is -2.06. The van der Waals surface area contributed by atoms with Crippen LogP contribution in [0.2, 0.25) is 0 Å². The zero-order valence-corrected chi connectivity index (χ0v) is 18.3. The quantitative estimate of drug-likeness (QED) is 0.218. The van der Waals surface area contributed by atoms with Crippen molar-refractivity contribution in [3.05, 3.63) is 67.1 Å². The Morgan fingerprint density at radius 2 is 1.77 bits per heavy atom. The van der Waals surface area contributed by atoms with Gasteiger partial charge in [0.1, 0.15) is 22.7 Å². The lowest BCUT2D eigenvalue weighted by Gasteiger charge is -2.07. The maximum atomic E-state index is 11.9. The van der Waals surface area contributed by atoms with Gasteiger partial charge in [0.2, 0.25) is 0 Å². The molecule has 0 amide bonds. The number of thioether (sulfide) groups is 1. The normalized spacial score (nSPS) is 10.9. The Morgan fingerprint density at radius 1 is 1.00 bits per heavy atom. The molecule has 0 saturated heterocycles. The third-order valence-corrected chi connectivity index (χ3v) is 5.65. The number of esters is 1. The van der Waals surface area contributed by atoms with Crippen molar-refractivity contribution in [1.29, 1.82) is 0 Å². The zero-order chi connectivity index (χ0) is 21.6. The molecule has 158 valence electrons. The molecule has 0 saturated carbocycles. The summed E-state index contributed by atoms with van der Waals surface area (Å²) < 4.78 is 12.7. The minimum absolute atomic E-state index is 0.197. The second kappa shape index (κ2) is 9.66. The van der Waals surface area contributed by atoms with E-state index in [0.29, 0.717) is 13.2 Å². The van der Waals surface area contributed by atoms with Crippen LogP contribution in [0.3, 0.4) is 0 Å². The molecule has 0 bridgehead atoms. The van der Waals surface area contributed by atoms with Crippen molar-refractivity contribution in [2.24, 2.45) is 0 Å². The van der Waals surface area contributed by atoms with Gasteiger partial charge < -0.3 is 14.0 Å². The molecular weight excluding hydrogens is 410 g/mol. The topological polar surface area (TPSA) is 66.2 Å². The third-order valence-electron chi connectivity index (χ3n) is 4.69. The lowest BCUT2D eigenvalue weighted by molar-refractivity contribution is -0.139. The number of ether oxygens (including phenoxy) is 2. The number of rotatable bonds is 8. The van der Waals surface area contributed by atoms with Gasteiger partial charge in [-0.05, 0) is 43.7 Å². The summed E-state index contributed by atoms with van der Waals surface area (Å²) in [5, 5.41) is 1.67. The molecule has 0 spiro atoms. The Morgan fingerprint density at radius 3 is 2.48 bits per heavy atom. The molecule has 0 atom stereocenters. The first-order valence-corrected chi connectivity index (χ1v) is 11.1. The van der Waals surface area contributed by atoms with E-state index in [1.54, 1.807) is 6.92 Å². The van der Waals surface area contributed by atoms with E-state index in [-0.39, 0.29) is 11.7 Å². The van der Waals surface area contributed by atoms with Crippen LogP contribution in [-0.4, -0.2) is 39.5 Å². The van der Waals surface area contributed by atoms with Gasteiger partial charge in [0, 0.05) is 17.4 Å². The minimum atomic E-state index is -0.258. The Bertz CT molecular complexity index is 1170. The highest BCUT2D eigenvalue weighted by molar-refractivity contribution is 8.00. The largest absolute Gasteiger partial charge is 0.494 e. The van der Waals surface area contributed by atoms with E-state index in [2.05, 4.69) is 28.3 Å². The molecule has 0 unspecified atom stereocenters. The Balaban J connectivity index is 1.82. The van der Waals surface area contributed by atoms with Crippen LogP contribution in [0.4, 0.5) is 0 Å². The molecule has 4 aromatic rings. The molecule has 7 heteroatoms. The van der Waals surface area contributed by atoms with Gasteiger partial charge in [-0.25, -0.2) is 9.97 Å². The fourth-order valence-electron chi connectivity index (χ4n) is 3.38. The summed E-state index contributed by atoms with van der Waals surface area (Å²) in [6.45, 7) is 4.75. The fraction of sp³-hybridized carbons (Fsp3) is 0.208. The molecule has 2 aromatic heterocycles. The first kappa shape index (κ1) is 20.9. The van der Waals surface area contributed by atoms with Crippen LogP contribution in [0.15, 0.2) is 72.1 Å². The molecule has 6 nitrogen and oxygen atoms in total. The second-order valence-corrected chi connectivity index (χ2v) is 7.64. The maximum absolute atomic E-state index is 11.9. The Labute approximate surface area is 185 Å². The molecule has 0 aliphatic heterocycles. The number of carbonyl (C=O) groups excluding carboxylic acids is 1. The van der Waals surface area contributed by atoms with Crippen molar-refractivity contribution in [2.45, 2.75) is 18.9 Å². The highest BCUT2D eigenvalue weighted by atomic mass is 32.2. The molecule has 0 radical (unpaired) electrons. The van der Waals surface area contributed by atoms with Gasteiger partial charge in [0.25, 0.3) is 0 Å². The summed E-state index contributed by atoms with van der Waals surface area (Å²) >= 11 is 1.37. The van der Waals surface area contributed by atoms with E-state index in [1.807, 2.05) is 54.0 Å². The second-order valence-electron chi connectivity index (χ2n) is 6.68. The van der Waals surface area contributed by atoms with Crippen molar-refractivity contribution in [1.82, 2.24) is 14.5 Å². The summed E-state index contributed by atoms with van der Waals surface area (Å²) in [5.41, 5.74) is 3.82. The summed E-state index contributed by atoms with van der Waals surface area (Å²) in [5.74, 6) is 0.764. The van der Waals surface area contributed by atoms with Crippen LogP contribution in [0.5, 0.6) is 5.75 Å². The van der Waals surface area contributed by atoms with Gasteiger partial charge in [0.15, 0.2) is 0 Å². The molecule has 2 heterocycles. The number of nitrogens with zero attached hydrogens (tertiary/aromatic N) is 3. The number of hydrogen-bond donors (Lipinski definition) is 0. The smallest absolute Gasteiger partial charge is 0.316 e. The predicted octanol–water partition coefficient (Wildman–Crippen LogP) is 5.14. The van der Waals surface area contributed by atoms with Crippen LogP contribution in [0.1, 0.15) is 13.8 Å². The number of aromatic nitrogens is 3. The first-order valence-electron chi connectivity index (χ1n) is 10.1. The van der Waals surface area contributed by atoms with Gasteiger partial charge in [-0.15, -0.1) is 0 Å². The van der Waals surface area contributed by atoms with Crippen molar-refractivity contribution in [2.75, 3.05) is 19.0 Å². The van der Waals surface area contributed by atoms with Gasteiger partial charge >= 0.3 is 5.97 Å².